The van der Waals surface area contributed by atoms with E-state index in [0.29, 0.717) is 12.1 Å². The van der Waals surface area contributed by atoms with Crippen LogP contribution in [0.1, 0.15) is 51.1 Å². The molecule has 2 heterocycles. The molecule has 0 radical (unpaired) electrons. The van der Waals surface area contributed by atoms with Crippen molar-refractivity contribution < 1.29 is 0 Å². The molecule has 3 nitrogen and oxygen atoms in total. The summed E-state index contributed by atoms with van der Waals surface area (Å²) in [6.07, 6.45) is 7.08. The van der Waals surface area contributed by atoms with Crippen LogP contribution in [0.3, 0.4) is 0 Å². The van der Waals surface area contributed by atoms with Crippen molar-refractivity contribution in [2.45, 2.75) is 51.6 Å². The summed E-state index contributed by atoms with van der Waals surface area (Å²) in [5.41, 5.74) is 1.35. The molecule has 0 spiro atoms. The zero-order valence-corrected chi connectivity index (χ0v) is 11.8. The second-order valence-electron chi connectivity index (χ2n) is 5.42. The third-order valence-corrected chi connectivity index (χ3v) is 3.95. The van der Waals surface area contributed by atoms with Crippen molar-refractivity contribution in [3.63, 3.8) is 0 Å². The van der Waals surface area contributed by atoms with Gasteiger partial charge >= 0.3 is 0 Å². The van der Waals surface area contributed by atoms with Crippen molar-refractivity contribution in [3.8, 4) is 0 Å². The fraction of sp³-hybridized carbons (Fsp3) is 0.667. The van der Waals surface area contributed by atoms with Crippen LogP contribution in [0.4, 0.5) is 5.82 Å². The highest BCUT2D eigenvalue weighted by molar-refractivity contribution is 5.37. The van der Waals surface area contributed by atoms with Gasteiger partial charge in [0.1, 0.15) is 5.82 Å². The Morgan fingerprint density at radius 1 is 1.44 bits per heavy atom. The molecule has 100 valence electrons. The molecule has 0 unspecified atom stereocenters. The van der Waals surface area contributed by atoms with Gasteiger partial charge in [-0.15, -0.1) is 0 Å². The molecule has 1 aliphatic heterocycles. The van der Waals surface area contributed by atoms with Crippen LogP contribution in [0.5, 0.6) is 0 Å². The monoisotopic (exact) mass is 247 g/mol. The van der Waals surface area contributed by atoms with Crippen molar-refractivity contribution >= 4 is 5.82 Å². The molecular weight excluding hydrogens is 222 g/mol. The van der Waals surface area contributed by atoms with E-state index >= 15 is 0 Å². The molecule has 0 saturated carbocycles. The maximum absolute atomic E-state index is 4.54. The molecule has 0 aliphatic carbocycles. The first kappa shape index (κ1) is 13.3. The Bertz CT molecular complexity index is 361. The third-order valence-electron chi connectivity index (χ3n) is 3.95. The second-order valence-corrected chi connectivity index (χ2v) is 5.42. The average Bonchev–Trinajstić information content (AvgIpc) is 2.40. The quantitative estimate of drug-likeness (QED) is 0.883. The Hall–Kier alpha value is -1.09. The van der Waals surface area contributed by atoms with E-state index in [1.165, 1.54) is 31.4 Å². The van der Waals surface area contributed by atoms with Gasteiger partial charge < -0.3 is 5.32 Å². The van der Waals surface area contributed by atoms with Crippen molar-refractivity contribution in [1.29, 1.82) is 0 Å². The Morgan fingerprint density at radius 3 is 2.89 bits per heavy atom. The molecule has 1 N–H and O–H groups in total. The number of likely N-dealkylation sites (tertiary alicyclic amines) is 1. The van der Waals surface area contributed by atoms with Crippen molar-refractivity contribution in [2.75, 3.05) is 18.9 Å². The van der Waals surface area contributed by atoms with Gasteiger partial charge in [-0.3, -0.25) is 4.90 Å². The number of nitrogens with zero attached hydrogens (tertiary/aromatic N) is 2. The van der Waals surface area contributed by atoms with Crippen LogP contribution in [0.2, 0.25) is 0 Å². The number of aromatic nitrogens is 1. The third kappa shape index (κ3) is 3.22. The minimum absolute atomic E-state index is 0.487. The Morgan fingerprint density at radius 2 is 2.28 bits per heavy atom. The van der Waals surface area contributed by atoms with Gasteiger partial charge in [0.25, 0.3) is 0 Å². The zero-order chi connectivity index (χ0) is 13.0. The number of anilines is 1. The Balaban J connectivity index is 2.02. The van der Waals surface area contributed by atoms with Crippen LogP contribution in [-0.2, 0) is 0 Å². The number of nitrogens with one attached hydrogen (secondary N) is 1. The lowest BCUT2D eigenvalue weighted by Gasteiger charge is -2.32. The van der Waals surface area contributed by atoms with Gasteiger partial charge in [0, 0.05) is 18.3 Å². The minimum atomic E-state index is 0.487. The summed E-state index contributed by atoms with van der Waals surface area (Å²) in [6, 6.07) is 5.39. The van der Waals surface area contributed by atoms with Crippen LogP contribution in [0.25, 0.3) is 0 Å². The molecule has 1 aromatic heterocycles. The van der Waals surface area contributed by atoms with Crippen LogP contribution >= 0.6 is 0 Å². The van der Waals surface area contributed by atoms with E-state index < -0.39 is 0 Å². The van der Waals surface area contributed by atoms with Crippen molar-refractivity contribution in [1.82, 2.24) is 9.88 Å². The van der Waals surface area contributed by atoms with Gasteiger partial charge in [-0.05, 0) is 51.4 Å². The smallest absolute Gasteiger partial charge is 0.126 e. The predicted molar refractivity (Wildman–Crippen MR) is 76.8 cm³/mol. The summed E-state index contributed by atoms with van der Waals surface area (Å²) >= 11 is 0. The lowest BCUT2D eigenvalue weighted by atomic mass is 9.97. The van der Waals surface area contributed by atoms with E-state index in [-0.39, 0.29) is 0 Å². The zero-order valence-electron chi connectivity index (χ0n) is 11.8. The van der Waals surface area contributed by atoms with Crippen molar-refractivity contribution in [3.05, 3.63) is 23.9 Å². The van der Waals surface area contributed by atoms with E-state index in [4.69, 9.17) is 0 Å². The van der Waals surface area contributed by atoms with Gasteiger partial charge in [0.2, 0.25) is 0 Å². The largest absolute Gasteiger partial charge is 0.368 e. The van der Waals surface area contributed by atoms with E-state index in [1.54, 1.807) is 0 Å². The van der Waals surface area contributed by atoms with E-state index in [1.807, 2.05) is 6.20 Å². The number of piperidine rings is 1. The molecule has 2 atom stereocenters. The van der Waals surface area contributed by atoms with Crippen molar-refractivity contribution in [2.24, 2.45) is 0 Å². The maximum atomic E-state index is 4.54. The summed E-state index contributed by atoms with van der Waals surface area (Å²) in [4.78, 5) is 6.99. The number of rotatable bonds is 4. The molecule has 18 heavy (non-hydrogen) atoms. The SMILES string of the molecule is CC[C@@H](C)Nc1ccc([C@@H]2CCCCN2C)cn1. The van der Waals surface area contributed by atoms with Gasteiger partial charge in [-0.2, -0.15) is 0 Å². The van der Waals surface area contributed by atoms with Gasteiger partial charge in [0.05, 0.1) is 0 Å². The highest BCUT2D eigenvalue weighted by Gasteiger charge is 2.20. The molecule has 0 aromatic carbocycles. The summed E-state index contributed by atoms with van der Waals surface area (Å²) in [5, 5.41) is 3.41. The van der Waals surface area contributed by atoms with Gasteiger partial charge in [-0.1, -0.05) is 19.4 Å². The number of pyridine rings is 1. The van der Waals surface area contributed by atoms with Crippen LogP contribution in [-0.4, -0.2) is 29.5 Å². The van der Waals surface area contributed by atoms with E-state index in [2.05, 4.69) is 48.2 Å². The molecule has 1 aromatic rings. The first-order chi connectivity index (χ1) is 8.70. The normalized spacial score (nSPS) is 22.7. The summed E-state index contributed by atoms with van der Waals surface area (Å²) in [5.74, 6) is 0.992. The van der Waals surface area contributed by atoms with Crippen LogP contribution < -0.4 is 5.32 Å². The first-order valence-corrected chi connectivity index (χ1v) is 7.13. The van der Waals surface area contributed by atoms with Crippen LogP contribution in [0, 0.1) is 0 Å². The minimum Gasteiger partial charge on any atom is -0.368 e. The molecule has 1 fully saturated rings. The highest BCUT2D eigenvalue weighted by Crippen LogP contribution is 2.29. The molecule has 2 rings (SSSR count). The highest BCUT2D eigenvalue weighted by atomic mass is 15.1. The molecule has 0 amide bonds. The molecule has 0 bridgehead atoms. The van der Waals surface area contributed by atoms with Gasteiger partial charge in [-0.25, -0.2) is 4.98 Å². The maximum Gasteiger partial charge on any atom is 0.126 e. The summed E-state index contributed by atoms with van der Waals surface area (Å²) in [7, 11) is 2.22. The molecular formula is C15H25N3. The molecule has 1 saturated heterocycles. The summed E-state index contributed by atoms with van der Waals surface area (Å²) < 4.78 is 0. The fourth-order valence-electron chi connectivity index (χ4n) is 2.54. The Labute approximate surface area is 111 Å². The fourth-order valence-corrected chi connectivity index (χ4v) is 2.54. The first-order valence-electron chi connectivity index (χ1n) is 7.13. The number of hydrogen-bond donors (Lipinski definition) is 1. The summed E-state index contributed by atoms with van der Waals surface area (Å²) in [6.45, 7) is 5.57. The molecule has 1 aliphatic rings. The topological polar surface area (TPSA) is 28.2 Å². The average molecular weight is 247 g/mol. The van der Waals surface area contributed by atoms with E-state index in [9.17, 15) is 0 Å². The van der Waals surface area contributed by atoms with E-state index in [0.717, 1.165) is 12.2 Å². The second kappa shape index (κ2) is 6.19. The Kier molecular flexibility index (Phi) is 4.59. The molecule has 3 heteroatoms. The standard InChI is InChI=1S/C15H25N3/c1-4-12(2)17-15-9-8-13(11-16-15)14-7-5-6-10-18(14)3/h8-9,11-12,14H,4-7,10H2,1-3H3,(H,16,17)/t12-,14+/m1/s1. The lowest BCUT2D eigenvalue weighted by Crippen LogP contribution is -2.29. The number of hydrogen-bond acceptors (Lipinski definition) is 3. The van der Waals surface area contributed by atoms with Crippen LogP contribution in [0.15, 0.2) is 18.3 Å². The lowest BCUT2D eigenvalue weighted by molar-refractivity contribution is 0.187. The predicted octanol–water partition coefficient (Wildman–Crippen LogP) is 3.45. The van der Waals surface area contributed by atoms with Gasteiger partial charge in [0.15, 0.2) is 0 Å².